The van der Waals surface area contributed by atoms with E-state index in [9.17, 15) is 18.0 Å². The van der Waals surface area contributed by atoms with E-state index in [1.807, 2.05) is 38.1 Å². The summed E-state index contributed by atoms with van der Waals surface area (Å²) < 4.78 is 61.8. The van der Waals surface area contributed by atoms with Crippen LogP contribution in [0.15, 0.2) is 54.7 Å². The molecule has 1 fully saturated rings. The monoisotopic (exact) mass is 677 g/mol. The SMILES string of the molecule is COc1cc(C(=O)NCC(c2cc(C(C)C)c(F)c(-c3ccc(I)cc3)n2)C2CC2)cc2cc(C(F)(F)F)cnc12. The zero-order chi connectivity index (χ0) is 29.5. The number of halogens is 5. The molecule has 0 aliphatic heterocycles. The molecule has 1 aliphatic rings. The standard InChI is InChI=1S/C31H28F4IN3O2/c1-16(2)23-13-25(39-29(27(23)32)18-6-8-22(36)9-7-18)24(17-4-5-17)15-38-30(40)20-10-19-11-21(31(33,34)35)14-37-28(19)26(12-20)41-3/h6-14,16-17,24H,4-5,15H2,1-3H3,(H,38,40). The molecule has 5 nitrogen and oxygen atoms in total. The van der Waals surface area contributed by atoms with Gasteiger partial charge in [0.25, 0.3) is 5.91 Å². The predicted molar refractivity (Wildman–Crippen MR) is 158 cm³/mol. The topological polar surface area (TPSA) is 64.1 Å². The van der Waals surface area contributed by atoms with Gasteiger partial charge in [-0.25, -0.2) is 9.37 Å². The first kappa shape index (κ1) is 29.2. The highest BCUT2D eigenvalue weighted by atomic mass is 127. The van der Waals surface area contributed by atoms with Crippen molar-refractivity contribution in [2.45, 2.75) is 44.7 Å². The lowest BCUT2D eigenvalue weighted by Crippen LogP contribution is -2.30. The van der Waals surface area contributed by atoms with Crippen LogP contribution >= 0.6 is 22.6 Å². The van der Waals surface area contributed by atoms with Crippen LogP contribution in [0.4, 0.5) is 17.6 Å². The number of methoxy groups -OCH3 is 1. The molecule has 1 saturated carbocycles. The van der Waals surface area contributed by atoms with Crippen LogP contribution in [-0.4, -0.2) is 29.5 Å². The van der Waals surface area contributed by atoms with Crippen LogP contribution in [0, 0.1) is 15.3 Å². The maximum Gasteiger partial charge on any atom is 0.417 e. The van der Waals surface area contributed by atoms with Crippen molar-refractivity contribution in [2.24, 2.45) is 5.92 Å². The van der Waals surface area contributed by atoms with Gasteiger partial charge in [-0.3, -0.25) is 9.78 Å². The lowest BCUT2D eigenvalue weighted by Gasteiger charge is -2.21. The maximum atomic E-state index is 15.6. The van der Waals surface area contributed by atoms with Gasteiger partial charge in [-0.2, -0.15) is 13.2 Å². The van der Waals surface area contributed by atoms with E-state index in [0.29, 0.717) is 16.8 Å². The zero-order valence-corrected chi connectivity index (χ0v) is 24.8. The largest absolute Gasteiger partial charge is 0.494 e. The molecule has 2 aromatic carbocycles. The fourth-order valence-electron chi connectivity index (χ4n) is 4.95. The van der Waals surface area contributed by atoms with Crippen molar-refractivity contribution in [3.05, 3.63) is 86.5 Å². The molecular formula is C31H28F4IN3O2. The maximum absolute atomic E-state index is 15.6. The number of pyridine rings is 2. The number of nitrogens with zero attached hydrogens (tertiary/aromatic N) is 2. The molecule has 41 heavy (non-hydrogen) atoms. The van der Waals surface area contributed by atoms with E-state index in [1.165, 1.54) is 19.2 Å². The molecule has 1 amide bonds. The summed E-state index contributed by atoms with van der Waals surface area (Å²) >= 11 is 2.20. The lowest BCUT2D eigenvalue weighted by molar-refractivity contribution is -0.137. The first-order valence-electron chi connectivity index (χ1n) is 13.3. The van der Waals surface area contributed by atoms with Crippen LogP contribution in [-0.2, 0) is 6.18 Å². The van der Waals surface area contributed by atoms with Gasteiger partial charge in [-0.05, 0) is 89.2 Å². The minimum Gasteiger partial charge on any atom is -0.494 e. The summed E-state index contributed by atoms with van der Waals surface area (Å²) in [4.78, 5) is 22.0. The Morgan fingerprint density at radius 2 is 1.83 bits per heavy atom. The number of alkyl halides is 3. The number of nitrogens with one attached hydrogen (secondary N) is 1. The van der Waals surface area contributed by atoms with Gasteiger partial charge in [0.1, 0.15) is 17.0 Å². The van der Waals surface area contributed by atoms with Gasteiger partial charge in [0.05, 0.1) is 12.7 Å². The van der Waals surface area contributed by atoms with Crippen molar-refractivity contribution < 1.29 is 27.1 Å². The van der Waals surface area contributed by atoms with E-state index in [2.05, 4.69) is 32.9 Å². The zero-order valence-electron chi connectivity index (χ0n) is 22.7. The lowest BCUT2D eigenvalue weighted by atomic mass is 9.92. The van der Waals surface area contributed by atoms with Crippen LogP contribution in [0.5, 0.6) is 5.75 Å². The summed E-state index contributed by atoms with van der Waals surface area (Å²) in [6.07, 6.45) is -1.90. The fraction of sp³-hybridized carbons (Fsp3) is 0.323. The summed E-state index contributed by atoms with van der Waals surface area (Å²) in [6, 6.07) is 13.1. The molecule has 10 heteroatoms. The summed E-state index contributed by atoms with van der Waals surface area (Å²) in [5.41, 5.74) is 1.71. The minimum atomic E-state index is -4.57. The molecule has 0 spiro atoms. The van der Waals surface area contributed by atoms with E-state index < -0.39 is 17.6 Å². The Hall–Kier alpha value is -3.28. The van der Waals surface area contributed by atoms with E-state index in [-0.39, 0.29) is 58.0 Å². The van der Waals surface area contributed by atoms with Gasteiger partial charge in [0.2, 0.25) is 0 Å². The van der Waals surface area contributed by atoms with Crippen LogP contribution in [0.3, 0.4) is 0 Å². The molecule has 5 rings (SSSR count). The van der Waals surface area contributed by atoms with Crippen LogP contribution < -0.4 is 10.1 Å². The number of hydrogen-bond donors (Lipinski definition) is 1. The summed E-state index contributed by atoms with van der Waals surface area (Å²) in [6.45, 7) is 4.10. The molecule has 2 heterocycles. The number of carbonyl (C=O) groups excluding carboxylic acids is 1. The van der Waals surface area contributed by atoms with E-state index in [1.54, 1.807) is 6.07 Å². The third-order valence-electron chi connectivity index (χ3n) is 7.36. The Morgan fingerprint density at radius 3 is 2.44 bits per heavy atom. The predicted octanol–water partition coefficient (Wildman–Crippen LogP) is 8.11. The molecule has 0 bridgehead atoms. The number of hydrogen-bond acceptors (Lipinski definition) is 4. The summed E-state index contributed by atoms with van der Waals surface area (Å²) in [5.74, 6) is -0.558. The van der Waals surface area contributed by atoms with E-state index in [4.69, 9.17) is 9.72 Å². The molecule has 1 atom stereocenters. The number of benzene rings is 2. The summed E-state index contributed by atoms with van der Waals surface area (Å²) in [7, 11) is 1.37. The second-order valence-electron chi connectivity index (χ2n) is 10.6. The molecule has 1 N–H and O–H groups in total. The number of aromatic nitrogens is 2. The Kier molecular flexibility index (Phi) is 8.22. The molecular weight excluding hydrogens is 649 g/mol. The van der Waals surface area contributed by atoms with Crippen molar-refractivity contribution in [3.63, 3.8) is 0 Å². The summed E-state index contributed by atoms with van der Waals surface area (Å²) in [5, 5.41) is 3.08. The highest BCUT2D eigenvalue weighted by molar-refractivity contribution is 14.1. The molecule has 4 aromatic rings. The highest BCUT2D eigenvalue weighted by Gasteiger charge is 2.35. The quantitative estimate of drug-likeness (QED) is 0.151. The molecule has 0 radical (unpaired) electrons. The number of amides is 1. The van der Waals surface area contributed by atoms with Crippen molar-refractivity contribution >= 4 is 39.4 Å². The Balaban J connectivity index is 1.46. The van der Waals surface area contributed by atoms with Gasteiger partial charge in [0.15, 0.2) is 5.82 Å². The molecule has 0 saturated heterocycles. The van der Waals surface area contributed by atoms with E-state index in [0.717, 1.165) is 28.7 Å². The molecule has 214 valence electrons. The molecule has 2 aromatic heterocycles. The van der Waals surface area contributed by atoms with Crippen molar-refractivity contribution in [1.29, 1.82) is 0 Å². The first-order chi connectivity index (χ1) is 19.5. The van der Waals surface area contributed by atoms with Crippen molar-refractivity contribution in [1.82, 2.24) is 15.3 Å². The van der Waals surface area contributed by atoms with E-state index >= 15 is 4.39 Å². The number of ether oxygens (including phenoxy) is 1. The molecule has 1 unspecified atom stereocenters. The van der Waals surface area contributed by atoms with Gasteiger partial charge in [-0.15, -0.1) is 0 Å². The minimum absolute atomic E-state index is 0.0749. The normalized spacial score (nSPS) is 14.4. The van der Waals surface area contributed by atoms with Crippen molar-refractivity contribution in [3.8, 4) is 17.0 Å². The Bertz CT molecular complexity index is 1600. The van der Waals surface area contributed by atoms with Gasteiger partial charge < -0.3 is 10.1 Å². The Labute approximate surface area is 248 Å². The van der Waals surface area contributed by atoms with Crippen LogP contribution in [0.1, 0.15) is 65.7 Å². The second-order valence-corrected chi connectivity index (χ2v) is 11.8. The number of fused-ring (bicyclic) bond motifs is 1. The average Bonchev–Trinajstić information content (AvgIpc) is 3.78. The van der Waals surface area contributed by atoms with Gasteiger partial charge in [-0.1, -0.05) is 26.0 Å². The van der Waals surface area contributed by atoms with Crippen molar-refractivity contribution in [2.75, 3.05) is 13.7 Å². The van der Waals surface area contributed by atoms with Crippen LogP contribution in [0.2, 0.25) is 0 Å². The Morgan fingerprint density at radius 1 is 1.12 bits per heavy atom. The highest BCUT2D eigenvalue weighted by Crippen LogP contribution is 2.43. The third-order valence-corrected chi connectivity index (χ3v) is 8.08. The fourth-order valence-corrected chi connectivity index (χ4v) is 5.31. The van der Waals surface area contributed by atoms with Crippen LogP contribution in [0.25, 0.3) is 22.2 Å². The average molecular weight is 677 g/mol. The number of carbonyl (C=O) groups is 1. The molecule has 1 aliphatic carbocycles. The van der Waals surface area contributed by atoms with Gasteiger partial charge in [0, 0.05) is 44.4 Å². The first-order valence-corrected chi connectivity index (χ1v) is 14.3. The van der Waals surface area contributed by atoms with Gasteiger partial charge >= 0.3 is 6.18 Å². The second kappa shape index (κ2) is 11.5. The third kappa shape index (κ3) is 6.32. The number of rotatable bonds is 8. The smallest absolute Gasteiger partial charge is 0.417 e.